The van der Waals surface area contributed by atoms with Crippen molar-refractivity contribution in [3.8, 4) is 33.4 Å². The summed E-state index contributed by atoms with van der Waals surface area (Å²) in [5.74, 6) is 0. The van der Waals surface area contributed by atoms with Crippen molar-refractivity contribution in [1.82, 2.24) is 0 Å². The van der Waals surface area contributed by atoms with Gasteiger partial charge in [-0.05, 0) is 167 Å². The van der Waals surface area contributed by atoms with Gasteiger partial charge in [-0.3, -0.25) is 0 Å². The first-order valence-electron chi connectivity index (χ1n) is 24.9. The number of benzene rings is 8. The number of aryl methyl sites for hydroxylation is 4. The van der Waals surface area contributed by atoms with E-state index in [0.29, 0.717) is 0 Å². The zero-order valence-corrected chi connectivity index (χ0v) is 41.0. The molecule has 8 aromatic rings. The van der Waals surface area contributed by atoms with Gasteiger partial charge >= 0.3 is 0 Å². The number of anilines is 6. The Morgan fingerprint density at radius 2 is 0.424 bits per heavy atom. The molecule has 8 rings (SSSR count). The molecule has 338 valence electrons. The highest BCUT2D eigenvalue weighted by molar-refractivity contribution is 5.81. The zero-order valence-electron chi connectivity index (χ0n) is 41.0. The maximum atomic E-state index is 2.36. The average Bonchev–Trinajstić information content (AvgIpc) is 3.40. The summed E-state index contributed by atoms with van der Waals surface area (Å²) in [6, 6.07) is 72.1. The molecule has 0 aliphatic carbocycles. The molecule has 0 aliphatic rings. The maximum Gasteiger partial charge on any atom is 0.0462 e. The lowest BCUT2D eigenvalue weighted by Crippen LogP contribution is -2.10. The number of nitrogens with zero attached hydrogens (tertiary/aromatic N) is 2. The van der Waals surface area contributed by atoms with Crippen LogP contribution in [0.15, 0.2) is 194 Å². The van der Waals surface area contributed by atoms with Crippen LogP contribution in [-0.4, -0.2) is 0 Å². The van der Waals surface area contributed by atoms with Crippen LogP contribution in [0.2, 0.25) is 0 Å². The third-order valence-electron chi connectivity index (χ3n) is 12.3. The van der Waals surface area contributed by atoms with Crippen molar-refractivity contribution in [2.24, 2.45) is 0 Å². The van der Waals surface area contributed by atoms with Gasteiger partial charge in [0, 0.05) is 34.1 Å². The van der Waals surface area contributed by atoms with Crippen LogP contribution in [0.3, 0.4) is 0 Å². The fraction of sp³-hybridized carbons (Fsp3) is 0.250. The van der Waals surface area contributed by atoms with Gasteiger partial charge < -0.3 is 9.80 Å². The predicted octanol–water partition coefficient (Wildman–Crippen LogP) is 19.5. The van der Waals surface area contributed by atoms with Gasteiger partial charge in [0.25, 0.3) is 0 Å². The molecule has 0 aliphatic heterocycles. The highest BCUT2D eigenvalue weighted by atomic mass is 15.1. The zero-order chi connectivity index (χ0) is 46.7. The molecule has 0 amide bonds. The molecule has 0 saturated heterocycles. The lowest BCUT2D eigenvalue weighted by molar-refractivity contribution is 0.795. The van der Waals surface area contributed by atoms with Crippen LogP contribution in [0.4, 0.5) is 34.1 Å². The van der Waals surface area contributed by atoms with Crippen molar-refractivity contribution in [2.75, 3.05) is 9.80 Å². The van der Waals surface area contributed by atoms with Crippen molar-refractivity contribution < 1.29 is 0 Å². The Morgan fingerprint density at radius 1 is 0.242 bits per heavy atom. The number of hydrogen-bond donors (Lipinski definition) is 0. The Hall–Kier alpha value is -6.64. The lowest BCUT2D eigenvalue weighted by atomic mass is 9.97. The molecule has 0 atom stereocenters. The van der Waals surface area contributed by atoms with Gasteiger partial charge in [0.05, 0.1) is 0 Å². The van der Waals surface area contributed by atoms with Crippen molar-refractivity contribution in [1.29, 1.82) is 0 Å². The Morgan fingerprint density at radius 3 is 0.621 bits per heavy atom. The molecule has 0 aromatic heterocycles. The van der Waals surface area contributed by atoms with Crippen molar-refractivity contribution in [3.63, 3.8) is 0 Å². The van der Waals surface area contributed by atoms with E-state index < -0.39 is 0 Å². The van der Waals surface area contributed by atoms with Crippen LogP contribution in [0, 0.1) is 0 Å². The summed E-state index contributed by atoms with van der Waals surface area (Å²) >= 11 is 0. The average molecular weight is 869 g/mol. The third kappa shape index (κ3) is 12.4. The first-order valence-corrected chi connectivity index (χ1v) is 24.9. The van der Waals surface area contributed by atoms with Gasteiger partial charge in [-0.25, -0.2) is 0 Å². The van der Waals surface area contributed by atoms with Gasteiger partial charge in [0.2, 0.25) is 0 Å². The first kappa shape index (κ1) is 48.8. The van der Waals surface area contributed by atoms with E-state index in [9.17, 15) is 0 Å². The SMILES string of the molecule is CC.CC.CCCCc1ccc(N(c2ccc(CC)cc2)c2ccc(-c3ccc(-c4ccc(-c5ccc(N(c6ccc(CC)cc6)c6ccc(CCCC)cc6)cc5)cc4)cc3)cc2)cc1. The second-order valence-electron chi connectivity index (χ2n) is 16.5. The molecule has 0 fully saturated rings. The number of unbranched alkanes of at least 4 members (excludes halogenated alkanes) is 2. The molecule has 0 unspecified atom stereocenters. The summed E-state index contributed by atoms with van der Waals surface area (Å²) in [7, 11) is 0. The summed E-state index contributed by atoms with van der Waals surface area (Å²) in [5.41, 5.74) is 19.7. The van der Waals surface area contributed by atoms with Crippen LogP contribution in [0.1, 0.15) is 103 Å². The van der Waals surface area contributed by atoms with Gasteiger partial charge in [-0.15, -0.1) is 0 Å². The topological polar surface area (TPSA) is 6.48 Å². The molecule has 0 bridgehead atoms. The Kier molecular flexibility index (Phi) is 18.6. The van der Waals surface area contributed by atoms with E-state index in [1.807, 2.05) is 27.7 Å². The van der Waals surface area contributed by atoms with Crippen molar-refractivity contribution in [3.05, 3.63) is 216 Å². The molecular weight excluding hydrogens is 797 g/mol. The summed E-state index contributed by atoms with van der Waals surface area (Å²) in [6.45, 7) is 16.9. The van der Waals surface area contributed by atoms with E-state index in [-0.39, 0.29) is 0 Å². The Labute approximate surface area is 398 Å². The van der Waals surface area contributed by atoms with E-state index in [1.54, 1.807) is 0 Å². The largest absolute Gasteiger partial charge is 0.311 e. The van der Waals surface area contributed by atoms with Crippen molar-refractivity contribution >= 4 is 34.1 Å². The molecule has 2 nitrogen and oxygen atoms in total. The lowest BCUT2D eigenvalue weighted by Gasteiger charge is -2.26. The minimum atomic E-state index is 1.03. The van der Waals surface area contributed by atoms with Gasteiger partial charge in [-0.2, -0.15) is 0 Å². The number of hydrogen-bond acceptors (Lipinski definition) is 2. The summed E-state index contributed by atoms with van der Waals surface area (Å²) < 4.78 is 0. The molecule has 0 radical (unpaired) electrons. The van der Waals surface area contributed by atoms with Crippen LogP contribution < -0.4 is 9.80 Å². The summed E-state index contributed by atoms with van der Waals surface area (Å²) in [4.78, 5) is 4.73. The van der Waals surface area contributed by atoms with E-state index in [4.69, 9.17) is 0 Å². The molecule has 2 heteroatoms. The maximum absolute atomic E-state index is 2.36. The fourth-order valence-electron chi connectivity index (χ4n) is 8.36. The Bertz CT molecular complexity index is 2400. The highest BCUT2D eigenvalue weighted by Crippen LogP contribution is 2.38. The van der Waals surface area contributed by atoms with Gasteiger partial charge in [0.1, 0.15) is 0 Å². The van der Waals surface area contributed by atoms with E-state index in [2.05, 4.69) is 232 Å². The van der Waals surface area contributed by atoms with Crippen LogP contribution >= 0.6 is 0 Å². The first-order chi connectivity index (χ1) is 32.5. The summed E-state index contributed by atoms with van der Waals surface area (Å²) in [6.07, 6.45) is 9.17. The van der Waals surface area contributed by atoms with Crippen LogP contribution in [-0.2, 0) is 25.7 Å². The monoisotopic (exact) mass is 869 g/mol. The smallest absolute Gasteiger partial charge is 0.0462 e. The minimum Gasteiger partial charge on any atom is -0.311 e. The second-order valence-corrected chi connectivity index (χ2v) is 16.5. The van der Waals surface area contributed by atoms with Gasteiger partial charge in [-0.1, -0.05) is 190 Å². The number of rotatable bonds is 17. The molecule has 66 heavy (non-hydrogen) atoms. The fourth-order valence-corrected chi connectivity index (χ4v) is 8.36. The summed E-state index contributed by atoms with van der Waals surface area (Å²) in [5, 5.41) is 0. The minimum absolute atomic E-state index is 1.03. The van der Waals surface area contributed by atoms with Crippen LogP contribution in [0.25, 0.3) is 33.4 Å². The standard InChI is InChI=1S/C60H60N2.2C2H6/c1-5-9-11-47-17-37-57(38-18-47)61(55-33-13-45(7-3)14-34-55)59-41-29-53(30-42-59)51-25-21-49(22-26-51)50-23-27-52(28-24-50)54-31-43-60(44-32-54)62(56-35-15-46(8-4)16-36-56)58-39-19-48(20-40-58)12-10-6-2;2*1-2/h13-44H,5-12H2,1-4H3;2*1-2H3. The molecule has 0 heterocycles. The molecular formula is C64H72N2. The van der Waals surface area contributed by atoms with E-state index in [1.165, 1.54) is 104 Å². The second kappa shape index (κ2) is 25.2. The van der Waals surface area contributed by atoms with E-state index >= 15 is 0 Å². The molecule has 8 aromatic carbocycles. The van der Waals surface area contributed by atoms with Crippen LogP contribution in [0.5, 0.6) is 0 Å². The highest BCUT2D eigenvalue weighted by Gasteiger charge is 2.15. The molecule has 0 saturated carbocycles. The van der Waals surface area contributed by atoms with Gasteiger partial charge in [0.15, 0.2) is 0 Å². The molecule has 0 spiro atoms. The van der Waals surface area contributed by atoms with Crippen molar-refractivity contribution in [2.45, 2.75) is 107 Å². The van der Waals surface area contributed by atoms with E-state index in [0.717, 1.165) is 37.1 Å². The molecule has 0 N–H and O–H groups in total. The Balaban J connectivity index is 0.00000175. The normalized spacial score (nSPS) is 10.6. The predicted molar refractivity (Wildman–Crippen MR) is 291 cm³/mol. The third-order valence-corrected chi connectivity index (χ3v) is 12.3. The quantitative estimate of drug-likeness (QED) is 0.0900.